The molecule has 0 spiro atoms. The highest BCUT2D eigenvalue weighted by molar-refractivity contribution is 7.13. The number of aromatic nitrogens is 3. The molecule has 6 nitrogen and oxygen atoms in total. The van der Waals surface area contributed by atoms with Crippen LogP contribution in [0.5, 0.6) is 0 Å². The van der Waals surface area contributed by atoms with Crippen molar-refractivity contribution in [2.45, 2.75) is 45.8 Å². The number of imidazole rings is 1. The lowest BCUT2D eigenvalue weighted by molar-refractivity contribution is 0.0689. The quantitative estimate of drug-likeness (QED) is 0.922. The van der Waals surface area contributed by atoms with Crippen LogP contribution in [0.3, 0.4) is 0 Å². The largest absolute Gasteiger partial charge is 0.380 e. The van der Waals surface area contributed by atoms with E-state index in [-0.39, 0.29) is 23.5 Å². The Kier molecular flexibility index (Phi) is 4.73. The molecule has 0 bridgehead atoms. The molecule has 1 fully saturated rings. The zero-order valence-corrected chi connectivity index (χ0v) is 15.4. The van der Waals surface area contributed by atoms with Gasteiger partial charge in [0.2, 0.25) is 0 Å². The van der Waals surface area contributed by atoms with E-state index in [1.54, 1.807) is 25.7 Å². The van der Waals surface area contributed by atoms with Gasteiger partial charge in [0.1, 0.15) is 10.7 Å². The van der Waals surface area contributed by atoms with Gasteiger partial charge in [0.05, 0.1) is 23.4 Å². The maximum atomic E-state index is 13.0. The lowest BCUT2D eigenvalue weighted by Crippen LogP contribution is -2.32. The molecule has 3 heterocycles. The highest BCUT2D eigenvalue weighted by Crippen LogP contribution is 2.34. The number of rotatable bonds is 4. The third kappa shape index (κ3) is 3.67. The van der Waals surface area contributed by atoms with Crippen LogP contribution in [0.2, 0.25) is 0 Å². The van der Waals surface area contributed by atoms with E-state index in [0.29, 0.717) is 11.4 Å². The molecule has 1 aliphatic heterocycles. The van der Waals surface area contributed by atoms with Gasteiger partial charge in [-0.25, -0.2) is 9.97 Å². The lowest BCUT2D eigenvalue weighted by atomic mass is 9.93. The number of carbonyl (C=O) groups excluding carboxylic acids is 1. The van der Waals surface area contributed by atoms with Crippen LogP contribution in [0.1, 0.15) is 53.7 Å². The Hall–Kier alpha value is -1.73. The van der Waals surface area contributed by atoms with Gasteiger partial charge in [-0.15, -0.1) is 11.3 Å². The average molecular weight is 348 g/mol. The van der Waals surface area contributed by atoms with E-state index in [9.17, 15) is 4.79 Å². The molecular weight excluding hydrogens is 324 g/mol. The number of H-pyrrole nitrogens is 1. The number of likely N-dealkylation sites (tertiary alicyclic amines) is 1. The van der Waals surface area contributed by atoms with Gasteiger partial charge in [-0.05, 0) is 5.41 Å². The van der Waals surface area contributed by atoms with Gasteiger partial charge in [-0.2, -0.15) is 0 Å². The van der Waals surface area contributed by atoms with Gasteiger partial charge in [0, 0.05) is 38.9 Å². The van der Waals surface area contributed by atoms with Gasteiger partial charge in [-0.1, -0.05) is 20.8 Å². The van der Waals surface area contributed by atoms with E-state index in [1.807, 2.05) is 4.90 Å². The maximum absolute atomic E-state index is 13.0. The number of methoxy groups -OCH3 is 1. The molecule has 3 rings (SSSR count). The molecule has 0 radical (unpaired) electrons. The van der Waals surface area contributed by atoms with Crippen molar-refractivity contribution < 1.29 is 9.53 Å². The monoisotopic (exact) mass is 348 g/mol. The molecule has 0 unspecified atom stereocenters. The summed E-state index contributed by atoms with van der Waals surface area (Å²) >= 11 is 1.49. The molecule has 0 saturated carbocycles. The van der Waals surface area contributed by atoms with Crippen molar-refractivity contribution in [1.29, 1.82) is 0 Å². The zero-order valence-electron chi connectivity index (χ0n) is 14.6. The van der Waals surface area contributed by atoms with Crippen LogP contribution in [0, 0.1) is 5.41 Å². The summed E-state index contributed by atoms with van der Waals surface area (Å²) in [4.78, 5) is 27.4. The van der Waals surface area contributed by atoms with E-state index in [4.69, 9.17) is 4.74 Å². The van der Waals surface area contributed by atoms with Crippen LogP contribution in [0.25, 0.3) is 0 Å². The first-order valence-electron chi connectivity index (χ1n) is 8.15. The molecule has 0 aromatic carbocycles. The van der Waals surface area contributed by atoms with Crippen molar-refractivity contribution in [3.63, 3.8) is 0 Å². The van der Waals surface area contributed by atoms with Crippen molar-refractivity contribution >= 4 is 17.2 Å². The van der Waals surface area contributed by atoms with Crippen LogP contribution in [0.15, 0.2) is 18.6 Å². The minimum atomic E-state index is -0.0781. The molecule has 1 N–H and O–H groups in total. The van der Waals surface area contributed by atoms with Crippen molar-refractivity contribution in [3.05, 3.63) is 34.3 Å². The van der Waals surface area contributed by atoms with E-state index < -0.39 is 0 Å². The van der Waals surface area contributed by atoms with E-state index in [2.05, 4.69) is 35.7 Å². The van der Waals surface area contributed by atoms with Crippen molar-refractivity contribution in [1.82, 2.24) is 19.9 Å². The number of ether oxygens (including phenoxy) is 1. The Morgan fingerprint density at radius 3 is 2.88 bits per heavy atom. The number of hydrogen-bond acceptors (Lipinski definition) is 5. The summed E-state index contributed by atoms with van der Waals surface area (Å²) in [6.45, 7) is 7.10. The number of thiazole rings is 1. The fraction of sp³-hybridized carbons (Fsp3) is 0.588. The summed E-state index contributed by atoms with van der Waals surface area (Å²) in [6, 6.07) is -0.0781. The third-order valence-corrected chi connectivity index (χ3v) is 5.12. The Morgan fingerprint density at radius 1 is 1.46 bits per heavy atom. The first kappa shape index (κ1) is 17.1. The Morgan fingerprint density at radius 2 is 2.25 bits per heavy atom. The summed E-state index contributed by atoms with van der Waals surface area (Å²) in [6.07, 6.45) is 6.86. The van der Waals surface area contributed by atoms with Crippen molar-refractivity contribution in [3.8, 4) is 0 Å². The highest BCUT2D eigenvalue weighted by atomic mass is 32.1. The molecule has 1 saturated heterocycles. The molecule has 2 atom stereocenters. The summed E-state index contributed by atoms with van der Waals surface area (Å²) in [5, 5.41) is 1.00. The Bertz CT molecular complexity index is 690. The van der Waals surface area contributed by atoms with Gasteiger partial charge in [-0.3, -0.25) is 4.79 Å². The molecule has 2 aromatic heterocycles. The molecule has 0 aliphatic carbocycles. The van der Waals surface area contributed by atoms with E-state index in [1.165, 1.54) is 11.3 Å². The topological polar surface area (TPSA) is 71.1 Å². The number of hydrogen-bond donors (Lipinski definition) is 1. The van der Waals surface area contributed by atoms with Crippen molar-refractivity contribution in [2.75, 3.05) is 13.7 Å². The number of nitrogens with zero attached hydrogens (tertiary/aromatic N) is 3. The molecule has 7 heteroatoms. The fourth-order valence-electron chi connectivity index (χ4n) is 3.00. The standard InChI is InChI=1S/C17H24N4O2S/c1-17(2,3)8-14-20-9-13(24-14)16(22)21-10-11(23-4)7-12(21)15-18-5-6-19-15/h5-6,9,11-12H,7-8,10H2,1-4H3,(H,18,19)/t11-,12+/m1/s1. The fourth-order valence-corrected chi connectivity index (χ4v) is 4.17. The predicted octanol–water partition coefficient (Wildman–Crippen LogP) is 3.06. The summed E-state index contributed by atoms with van der Waals surface area (Å²) in [5.41, 5.74) is 0.156. The normalized spacial score (nSPS) is 21.4. The molecule has 1 amide bonds. The van der Waals surface area contributed by atoms with E-state index >= 15 is 0 Å². The zero-order chi connectivity index (χ0) is 17.3. The number of amides is 1. The number of carbonyl (C=O) groups is 1. The lowest BCUT2D eigenvalue weighted by Gasteiger charge is -2.22. The third-order valence-electron chi connectivity index (χ3n) is 4.14. The SMILES string of the molecule is CO[C@@H]1C[C@@H](c2ncc[nH]2)N(C(=O)c2cnc(CC(C)(C)C)s2)C1. The maximum Gasteiger partial charge on any atom is 0.266 e. The van der Waals surface area contributed by atoms with Crippen LogP contribution in [-0.2, 0) is 11.2 Å². The smallest absolute Gasteiger partial charge is 0.266 e. The molecular formula is C17H24N4O2S. The van der Waals surface area contributed by atoms with Crippen LogP contribution >= 0.6 is 11.3 Å². The Labute approximate surface area is 146 Å². The molecule has 2 aromatic rings. The van der Waals surface area contributed by atoms with E-state index in [0.717, 1.165) is 23.7 Å². The van der Waals surface area contributed by atoms with Crippen LogP contribution in [0.4, 0.5) is 0 Å². The van der Waals surface area contributed by atoms with Gasteiger partial charge < -0.3 is 14.6 Å². The van der Waals surface area contributed by atoms with Crippen molar-refractivity contribution in [2.24, 2.45) is 5.41 Å². The summed E-state index contributed by atoms with van der Waals surface area (Å²) < 4.78 is 5.48. The molecule has 130 valence electrons. The molecule has 24 heavy (non-hydrogen) atoms. The second kappa shape index (κ2) is 6.64. The summed E-state index contributed by atoms with van der Waals surface area (Å²) in [7, 11) is 1.69. The summed E-state index contributed by atoms with van der Waals surface area (Å²) in [5.74, 6) is 0.816. The predicted molar refractivity (Wildman–Crippen MR) is 93.1 cm³/mol. The molecule has 1 aliphatic rings. The van der Waals surface area contributed by atoms with Gasteiger partial charge >= 0.3 is 0 Å². The van der Waals surface area contributed by atoms with Crippen LogP contribution < -0.4 is 0 Å². The average Bonchev–Trinajstić information content (AvgIpc) is 3.24. The first-order chi connectivity index (χ1) is 11.4. The second-order valence-electron chi connectivity index (χ2n) is 7.40. The Balaban J connectivity index is 1.80. The second-order valence-corrected chi connectivity index (χ2v) is 8.51. The minimum Gasteiger partial charge on any atom is -0.380 e. The first-order valence-corrected chi connectivity index (χ1v) is 8.97. The highest BCUT2D eigenvalue weighted by Gasteiger charge is 2.38. The van der Waals surface area contributed by atoms with Gasteiger partial charge in [0.25, 0.3) is 5.91 Å². The minimum absolute atomic E-state index is 0.00797. The van der Waals surface area contributed by atoms with Gasteiger partial charge in [0.15, 0.2) is 0 Å². The van der Waals surface area contributed by atoms with Crippen LogP contribution in [-0.4, -0.2) is 45.5 Å². The number of aromatic amines is 1. The number of nitrogens with one attached hydrogen (secondary N) is 1.